The number of aliphatic carboxylic acids is 1. The first-order valence-electron chi connectivity index (χ1n) is 7.49. The second-order valence-electron chi connectivity index (χ2n) is 5.54. The fourth-order valence-electron chi connectivity index (χ4n) is 2.48. The van der Waals surface area contributed by atoms with E-state index in [4.69, 9.17) is 4.74 Å². The van der Waals surface area contributed by atoms with Gasteiger partial charge in [-0.15, -0.1) is 0 Å². The van der Waals surface area contributed by atoms with E-state index in [1.807, 2.05) is 32.0 Å². The summed E-state index contributed by atoms with van der Waals surface area (Å²) in [6.07, 6.45) is 2.99. The Morgan fingerprint density at radius 3 is 2.42 bits per heavy atom. The highest BCUT2D eigenvalue weighted by Crippen LogP contribution is 2.23. The number of pyridine rings is 1. The fraction of sp³-hybridized carbons (Fsp3) is 0.278. The van der Waals surface area contributed by atoms with Crippen LogP contribution in [0.15, 0.2) is 42.7 Å². The lowest BCUT2D eigenvalue weighted by Crippen LogP contribution is -2.38. The van der Waals surface area contributed by atoms with Crippen LogP contribution >= 0.6 is 0 Å². The number of hydrogen-bond acceptors (Lipinski definition) is 4. The monoisotopic (exact) mass is 328 g/mol. The second kappa shape index (κ2) is 7.59. The van der Waals surface area contributed by atoms with Gasteiger partial charge in [-0.25, -0.2) is 4.79 Å². The maximum atomic E-state index is 12.4. The van der Waals surface area contributed by atoms with Gasteiger partial charge < -0.3 is 14.7 Å². The van der Waals surface area contributed by atoms with Crippen molar-refractivity contribution in [2.45, 2.75) is 19.9 Å². The van der Waals surface area contributed by atoms with Gasteiger partial charge in [0.15, 0.2) is 12.6 Å². The molecule has 1 heterocycles. The van der Waals surface area contributed by atoms with E-state index in [0.717, 1.165) is 16.0 Å². The smallest absolute Gasteiger partial charge is 0.331 e. The van der Waals surface area contributed by atoms with Crippen molar-refractivity contribution in [3.8, 4) is 5.75 Å². The molecule has 24 heavy (non-hydrogen) atoms. The molecule has 0 radical (unpaired) electrons. The summed E-state index contributed by atoms with van der Waals surface area (Å²) in [5, 5.41) is 9.46. The predicted octanol–water partition coefficient (Wildman–Crippen LogP) is 2.36. The van der Waals surface area contributed by atoms with Crippen LogP contribution in [-0.4, -0.2) is 40.5 Å². The van der Waals surface area contributed by atoms with Crippen molar-refractivity contribution < 1.29 is 19.4 Å². The van der Waals surface area contributed by atoms with Crippen LogP contribution in [0.25, 0.3) is 0 Å². The Kier molecular flexibility index (Phi) is 5.52. The summed E-state index contributed by atoms with van der Waals surface area (Å²) < 4.78 is 5.62. The Balaban J connectivity index is 2.12. The minimum absolute atomic E-state index is 0.230. The zero-order valence-electron chi connectivity index (χ0n) is 13.9. The van der Waals surface area contributed by atoms with E-state index >= 15 is 0 Å². The molecule has 1 atom stereocenters. The molecule has 0 saturated carbocycles. The molecule has 2 rings (SSSR count). The van der Waals surface area contributed by atoms with Gasteiger partial charge >= 0.3 is 5.97 Å². The largest absolute Gasteiger partial charge is 0.483 e. The molecule has 0 fully saturated rings. The number of ether oxygens (including phenoxy) is 1. The minimum atomic E-state index is -1.12. The molecule has 126 valence electrons. The zero-order valence-corrected chi connectivity index (χ0v) is 13.9. The summed E-state index contributed by atoms with van der Waals surface area (Å²) >= 11 is 0. The average Bonchev–Trinajstić information content (AvgIpc) is 2.55. The third-order valence-corrected chi connectivity index (χ3v) is 3.76. The van der Waals surface area contributed by atoms with Crippen molar-refractivity contribution in [1.82, 2.24) is 9.88 Å². The van der Waals surface area contributed by atoms with Gasteiger partial charge in [0.1, 0.15) is 5.75 Å². The molecular weight excluding hydrogens is 308 g/mol. The van der Waals surface area contributed by atoms with Crippen LogP contribution < -0.4 is 4.74 Å². The average molecular weight is 328 g/mol. The normalized spacial score (nSPS) is 11.6. The summed E-state index contributed by atoms with van der Waals surface area (Å²) in [6.45, 7) is 3.56. The van der Waals surface area contributed by atoms with Crippen molar-refractivity contribution in [3.63, 3.8) is 0 Å². The summed E-state index contributed by atoms with van der Waals surface area (Å²) in [7, 11) is 1.45. The molecule has 6 nitrogen and oxygen atoms in total. The number of hydrogen-bond donors (Lipinski definition) is 1. The van der Waals surface area contributed by atoms with Crippen LogP contribution in [0.3, 0.4) is 0 Å². The number of carboxylic acids is 1. The van der Waals surface area contributed by atoms with E-state index in [0.29, 0.717) is 11.3 Å². The third kappa shape index (κ3) is 3.90. The lowest BCUT2D eigenvalue weighted by molar-refractivity contribution is -0.150. The first-order valence-corrected chi connectivity index (χ1v) is 7.49. The standard InChI is InChI=1S/C18H20N2O4/c1-12-6-4-7-13(2)17(12)24-11-15(21)20(3)16(18(22)23)14-8-5-9-19-10-14/h4-10,16H,11H2,1-3H3,(H,22,23). The van der Waals surface area contributed by atoms with Crippen molar-refractivity contribution >= 4 is 11.9 Å². The van der Waals surface area contributed by atoms with E-state index in [1.54, 1.807) is 18.3 Å². The van der Waals surface area contributed by atoms with Gasteiger partial charge in [0, 0.05) is 25.0 Å². The van der Waals surface area contributed by atoms with Gasteiger partial charge in [0.2, 0.25) is 0 Å². The summed E-state index contributed by atoms with van der Waals surface area (Å²) in [4.78, 5) is 29.0. The molecule has 0 aliphatic carbocycles. The van der Waals surface area contributed by atoms with E-state index in [1.165, 1.54) is 13.2 Å². The molecular formula is C18H20N2O4. The van der Waals surface area contributed by atoms with Crippen LogP contribution in [-0.2, 0) is 9.59 Å². The van der Waals surface area contributed by atoms with E-state index in [-0.39, 0.29) is 6.61 Å². The van der Waals surface area contributed by atoms with Gasteiger partial charge in [-0.05, 0) is 31.0 Å². The number of carboxylic acid groups (broad SMARTS) is 1. The topological polar surface area (TPSA) is 79.7 Å². The van der Waals surface area contributed by atoms with Gasteiger partial charge in [-0.1, -0.05) is 24.3 Å². The summed E-state index contributed by atoms with van der Waals surface area (Å²) in [5.41, 5.74) is 2.29. The lowest BCUT2D eigenvalue weighted by atomic mass is 10.1. The van der Waals surface area contributed by atoms with E-state index in [2.05, 4.69) is 4.98 Å². The molecule has 0 aliphatic rings. The maximum absolute atomic E-state index is 12.4. The van der Waals surface area contributed by atoms with Crippen molar-refractivity contribution in [1.29, 1.82) is 0 Å². The molecule has 1 amide bonds. The highest BCUT2D eigenvalue weighted by Gasteiger charge is 2.28. The van der Waals surface area contributed by atoms with Crippen LogP contribution in [0.1, 0.15) is 22.7 Å². The molecule has 2 aromatic rings. The molecule has 0 bridgehead atoms. The molecule has 1 aromatic carbocycles. The number of para-hydroxylation sites is 1. The third-order valence-electron chi connectivity index (χ3n) is 3.76. The fourth-order valence-corrected chi connectivity index (χ4v) is 2.48. The van der Waals surface area contributed by atoms with Gasteiger partial charge in [0.05, 0.1) is 0 Å². The number of aromatic nitrogens is 1. The highest BCUT2D eigenvalue weighted by atomic mass is 16.5. The molecule has 0 spiro atoms. The number of rotatable bonds is 6. The van der Waals surface area contributed by atoms with E-state index < -0.39 is 17.9 Å². The summed E-state index contributed by atoms with van der Waals surface area (Å²) in [6, 6.07) is 7.86. The molecule has 0 aliphatic heterocycles. The van der Waals surface area contributed by atoms with Crippen LogP contribution in [0, 0.1) is 13.8 Å². The zero-order chi connectivity index (χ0) is 17.7. The molecule has 0 saturated heterocycles. The van der Waals surface area contributed by atoms with Crippen molar-refractivity contribution in [2.75, 3.05) is 13.7 Å². The predicted molar refractivity (Wildman–Crippen MR) is 88.8 cm³/mol. The minimum Gasteiger partial charge on any atom is -0.483 e. The summed E-state index contributed by atoms with van der Waals surface area (Å²) in [5.74, 6) is -0.896. The van der Waals surface area contributed by atoms with Crippen LogP contribution in [0.5, 0.6) is 5.75 Å². The van der Waals surface area contributed by atoms with Gasteiger partial charge in [-0.3, -0.25) is 9.78 Å². The SMILES string of the molecule is Cc1cccc(C)c1OCC(=O)N(C)C(C(=O)O)c1cccnc1. The number of amides is 1. The van der Waals surface area contributed by atoms with Crippen molar-refractivity contribution in [3.05, 3.63) is 59.4 Å². The van der Waals surface area contributed by atoms with Crippen LogP contribution in [0.4, 0.5) is 0 Å². The Labute approximate surface area is 140 Å². The number of carbonyl (C=O) groups excluding carboxylic acids is 1. The molecule has 1 aromatic heterocycles. The quantitative estimate of drug-likeness (QED) is 0.880. The first kappa shape index (κ1) is 17.5. The van der Waals surface area contributed by atoms with E-state index in [9.17, 15) is 14.7 Å². The van der Waals surface area contributed by atoms with Gasteiger partial charge in [-0.2, -0.15) is 0 Å². The second-order valence-corrected chi connectivity index (χ2v) is 5.54. The van der Waals surface area contributed by atoms with Crippen molar-refractivity contribution in [2.24, 2.45) is 0 Å². The Bertz CT molecular complexity index is 711. The maximum Gasteiger partial charge on any atom is 0.331 e. The number of carbonyl (C=O) groups is 2. The van der Waals surface area contributed by atoms with Gasteiger partial charge in [0.25, 0.3) is 5.91 Å². The highest BCUT2D eigenvalue weighted by molar-refractivity contribution is 5.85. The van der Waals surface area contributed by atoms with Crippen LogP contribution in [0.2, 0.25) is 0 Å². The number of benzene rings is 1. The first-order chi connectivity index (χ1) is 11.4. The number of aryl methyl sites for hydroxylation is 2. The Morgan fingerprint density at radius 1 is 1.21 bits per heavy atom. The Hall–Kier alpha value is -2.89. The Morgan fingerprint density at radius 2 is 1.88 bits per heavy atom. The lowest BCUT2D eigenvalue weighted by Gasteiger charge is -2.25. The number of likely N-dealkylation sites (N-methyl/N-ethyl adjacent to an activating group) is 1. The number of nitrogens with zero attached hydrogens (tertiary/aromatic N) is 2. The molecule has 6 heteroatoms. The molecule has 1 unspecified atom stereocenters. The molecule has 1 N–H and O–H groups in total.